The SMILES string of the molecule is CCn1c(N2CCC[C@H](N)C2)c(C(=O)N2CCOCC2)c2ncn(CC(=O)c3cccc(OC)c3)c(=O)c21. The minimum Gasteiger partial charge on any atom is -0.497 e. The topological polar surface area (TPSA) is 125 Å². The van der Waals surface area contributed by atoms with Crippen molar-refractivity contribution in [2.45, 2.75) is 38.9 Å². The van der Waals surface area contributed by atoms with Gasteiger partial charge >= 0.3 is 0 Å². The zero-order chi connectivity index (χ0) is 26.8. The van der Waals surface area contributed by atoms with Crippen molar-refractivity contribution in [2.75, 3.05) is 51.4 Å². The molecule has 0 aliphatic carbocycles. The number of ether oxygens (including phenoxy) is 2. The van der Waals surface area contributed by atoms with E-state index in [4.69, 9.17) is 15.2 Å². The Morgan fingerprint density at radius 1 is 1.21 bits per heavy atom. The number of nitrogens with zero attached hydrogens (tertiary/aromatic N) is 5. The summed E-state index contributed by atoms with van der Waals surface area (Å²) < 4.78 is 13.8. The van der Waals surface area contributed by atoms with Crippen LogP contribution in [0, 0.1) is 0 Å². The van der Waals surface area contributed by atoms with Gasteiger partial charge in [0, 0.05) is 44.3 Å². The first-order valence-corrected chi connectivity index (χ1v) is 13.1. The van der Waals surface area contributed by atoms with Crippen molar-refractivity contribution in [3.63, 3.8) is 0 Å². The van der Waals surface area contributed by atoms with Crippen LogP contribution in [0.25, 0.3) is 11.0 Å². The number of morpholine rings is 1. The fourth-order valence-electron chi connectivity index (χ4n) is 5.37. The van der Waals surface area contributed by atoms with E-state index < -0.39 is 0 Å². The van der Waals surface area contributed by atoms with Crippen LogP contribution in [0.2, 0.25) is 0 Å². The van der Waals surface area contributed by atoms with E-state index >= 15 is 0 Å². The highest BCUT2D eigenvalue weighted by Crippen LogP contribution is 2.33. The van der Waals surface area contributed by atoms with Crippen molar-refractivity contribution in [2.24, 2.45) is 5.73 Å². The van der Waals surface area contributed by atoms with E-state index in [9.17, 15) is 14.4 Å². The summed E-state index contributed by atoms with van der Waals surface area (Å²) in [5.74, 6) is 0.827. The van der Waals surface area contributed by atoms with Gasteiger partial charge in [0.15, 0.2) is 5.78 Å². The first-order valence-electron chi connectivity index (χ1n) is 13.1. The monoisotopic (exact) mass is 522 g/mol. The molecular weight excluding hydrogens is 488 g/mol. The van der Waals surface area contributed by atoms with Gasteiger partial charge in [-0.2, -0.15) is 0 Å². The Kier molecular flexibility index (Phi) is 7.48. The standard InChI is InChI=1S/C27H34N6O5/c1-3-33-24-23(29-17-32(27(24)36)16-21(34)18-6-4-8-20(14-18)37-2)22(26(35)30-10-12-38-13-11-30)25(33)31-9-5-7-19(28)15-31/h4,6,8,14,17,19H,3,5,7,9-13,15-16,28H2,1-2H3/t19-/m0/s1. The van der Waals surface area contributed by atoms with Gasteiger partial charge in [-0.3, -0.25) is 19.0 Å². The number of carbonyl (C=O) groups excluding carboxylic acids is 2. The zero-order valence-electron chi connectivity index (χ0n) is 21.9. The first kappa shape index (κ1) is 25.9. The molecule has 11 nitrogen and oxygen atoms in total. The van der Waals surface area contributed by atoms with Crippen molar-refractivity contribution in [3.05, 3.63) is 52.1 Å². The van der Waals surface area contributed by atoms with Crippen LogP contribution in [0.1, 0.15) is 40.5 Å². The van der Waals surface area contributed by atoms with Gasteiger partial charge < -0.3 is 29.6 Å². The number of hydrogen-bond acceptors (Lipinski definition) is 8. The third kappa shape index (κ3) is 4.79. The molecule has 3 aromatic rings. The highest BCUT2D eigenvalue weighted by Gasteiger charge is 2.33. The number of fused-ring (bicyclic) bond motifs is 1. The Hall–Kier alpha value is -3.70. The maximum absolute atomic E-state index is 13.9. The molecule has 1 amide bonds. The molecule has 4 heterocycles. The molecular formula is C27H34N6O5. The molecule has 0 saturated carbocycles. The Bertz CT molecular complexity index is 1410. The van der Waals surface area contributed by atoms with Crippen molar-refractivity contribution in [1.82, 2.24) is 19.0 Å². The smallest absolute Gasteiger partial charge is 0.278 e. The number of amides is 1. The summed E-state index contributed by atoms with van der Waals surface area (Å²) in [5.41, 5.74) is 7.48. The van der Waals surface area contributed by atoms with Crippen molar-refractivity contribution < 1.29 is 19.1 Å². The highest BCUT2D eigenvalue weighted by molar-refractivity contribution is 6.10. The molecule has 0 unspecified atom stereocenters. The maximum Gasteiger partial charge on any atom is 0.278 e. The van der Waals surface area contributed by atoms with E-state index in [0.717, 1.165) is 19.4 Å². The molecule has 2 saturated heterocycles. The molecule has 11 heteroatoms. The van der Waals surface area contributed by atoms with Gasteiger partial charge in [0.2, 0.25) is 0 Å². The van der Waals surface area contributed by atoms with Gasteiger partial charge in [0.05, 0.1) is 33.2 Å². The Labute approximate surface area is 220 Å². The number of methoxy groups -OCH3 is 1. The molecule has 38 heavy (non-hydrogen) atoms. The summed E-state index contributed by atoms with van der Waals surface area (Å²) >= 11 is 0. The van der Waals surface area contributed by atoms with Gasteiger partial charge in [-0.05, 0) is 31.9 Å². The average Bonchev–Trinajstić information content (AvgIpc) is 3.29. The molecule has 0 bridgehead atoms. The van der Waals surface area contributed by atoms with Gasteiger partial charge in [-0.15, -0.1) is 0 Å². The van der Waals surface area contributed by atoms with E-state index in [0.29, 0.717) is 73.1 Å². The number of hydrogen-bond donors (Lipinski definition) is 1. The van der Waals surface area contributed by atoms with Gasteiger partial charge in [-0.1, -0.05) is 12.1 Å². The minimum atomic E-state index is -0.364. The molecule has 2 aliphatic rings. The van der Waals surface area contributed by atoms with Crippen molar-refractivity contribution in [3.8, 4) is 5.75 Å². The predicted octanol–water partition coefficient (Wildman–Crippen LogP) is 1.51. The lowest BCUT2D eigenvalue weighted by Gasteiger charge is -2.34. The van der Waals surface area contributed by atoms with Gasteiger partial charge in [-0.25, -0.2) is 4.98 Å². The molecule has 5 rings (SSSR count). The molecule has 2 aliphatic heterocycles. The third-order valence-electron chi connectivity index (χ3n) is 7.29. The molecule has 2 N–H and O–H groups in total. The summed E-state index contributed by atoms with van der Waals surface area (Å²) in [6.45, 7) is 5.42. The van der Waals surface area contributed by atoms with E-state index in [-0.39, 0.29) is 29.8 Å². The summed E-state index contributed by atoms with van der Waals surface area (Å²) in [7, 11) is 1.54. The molecule has 202 valence electrons. The fraction of sp³-hybridized carbons (Fsp3) is 0.481. The van der Waals surface area contributed by atoms with E-state index in [2.05, 4.69) is 9.88 Å². The van der Waals surface area contributed by atoms with Crippen LogP contribution >= 0.6 is 0 Å². The minimum absolute atomic E-state index is 0.0245. The van der Waals surface area contributed by atoms with Crippen LogP contribution in [0.15, 0.2) is 35.4 Å². The Morgan fingerprint density at radius 3 is 2.71 bits per heavy atom. The van der Waals surface area contributed by atoms with E-state index in [1.807, 2.05) is 11.5 Å². The van der Waals surface area contributed by atoms with E-state index in [1.165, 1.54) is 18.0 Å². The summed E-state index contributed by atoms with van der Waals surface area (Å²) in [5, 5.41) is 0. The normalized spacial score (nSPS) is 18.1. The second kappa shape index (κ2) is 11.0. The number of nitrogens with two attached hydrogens (primary N) is 1. The van der Waals surface area contributed by atoms with E-state index in [1.54, 1.807) is 29.2 Å². The highest BCUT2D eigenvalue weighted by atomic mass is 16.5. The quantitative estimate of drug-likeness (QED) is 0.463. The second-order valence-electron chi connectivity index (χ2n) is 9.73. The number of Topliss-reactive ketones (excluding diaryl/α,β-unsaturated/α-hetero) is 1. The van der Waals surface area contributed by atoms with Crippen LogP contribution in [0.4, 0.5) is 5.82 Å². The Morgan fingerprint density at radius 2 is 2.00 bits per heavy atom. The first-order chi connectivity index (χ1) is 18.4. The Balaban J connectivity index is 1.62. The van der Waals surface area contributed by atoms with Crippen LogP contribution < -0.4 is 20.9 Å². The van der Waals surface area contributed by atoms with Crippen LogP contribution in [0.5, 0.6) is 5.75 Å². The van der Waals surface area contributed by atoms with Crippen molar-refractivity contribution in [1.29, 1.82) is 0 Å². The number of rotatable bonds is 7. The maximum atomic E-state index is 13.9. The number of benzene rings is 1. The molecule has 2 fully saturated rings. The molecule has 1 atom stereocenters. The average molecular weight is 523 g/mol. The number of aromatic nitrogens is 3. The third-order valence-corrected chi connectivity index (χ3v) is 7.29. The number of aryl methyl sites for hydroxylation is 1. The number of ketones is 1. The lowest BCUT2D eigenvalue weighted by atomic mass is 10.1. The fourth-order valence-corrected chi connectivity index (χ4v) is 5.37. The predicted molar refractivity (Wildman–Crippen MR) is 143 cm³/mol. The molecule has 0 spiro atoms. The molecule has 1 aromatic carbocycles. The van der Waals surface area contributed by atoms with Crippen LogP contribution in [0.3, 0.4) is 0 Å². The largest absolute Gasteiger partial charge is 0.497 e. The van der Waals surface area contributed by atoms with Crippen LogP contribution in [-0.4, -0.2) is 83.3 Å². The van der Waals surface area contributed by atoms with Crippen LogP contribution in [-0.2, 0) is 17.8 Å². The summed E-state index contributed by atoms with van der Waals surface area (Å²) in [4.78, 5) is 49.3. The molecule has 2 aromatic heterocycles. The molecule has 0 radical (unpaired) electrons. The summed E-state index contributed by atoms with van der Waals surface area (Å²) in [6, 6.07) is 6.80. The van der Waals surface area contributed by atoms with Gasteiger partial charge in [0.1, 0.15) is 28.2 Å². The lowest BCUT2D eigenvalue weighted by molar-refractivity contribution is 0.0304. The number of carbonyl (C=O) groups is 2. The lowest BCUT2D eigenvalue weighted by Crippen LogP contribution is -2.45. The van der Waals surface area contributed by atoms with Crippen molar-refractivity contribution >= 4 is 28.5 Å². The van der Waals surface area contributed by atoms with Gasteiger partial charge in [0.25, 0.3) is 11.5 Å². The number of anilines is 1. The zero-order valence-corrected chi connectivity index (χ0v) is 21.9. The second-order valence-corrected chi connectivity index (χ2v) is 9.73. The summed E-state index contributed by atoms with van der Waals surface area (Å²) in [6.07, 6.45) is 3.17. The number of piperidine rings is 1.